The van der Waals surface area contributed by atoms with E-state index in [4.69, 9.17) is 16.1 Å². The minimum atomic E-state index is -1.25. The first kappa shape index (κ1) is 20.0. The van der Waals surface area contributed by atoms with E-state index in [1.165, 1.54) is 6.92 Å². The second-order valence-corrected chi connectivity index (χ2v) is 6.77. The van der Waals surface area contributed by atoms with E-state index in [0.29, 0.717) is 36.5 Å². The minimum Gasteiger partial charge on any atom is -0.534 e. The van der Waals surface area contributed by atoms with Crippen LogP contribution in [0.1, 0.15) is 39.7 Å². The number of benzene rings is 1. The van der Waals surface area contributed by atoms with Gasteiger partial charge in [0.05, 0.1) is 17.9 Å². The van der Waals surface area contributed by atoms with E-state index in [1.807, 2.05) is 6.07 Å². The number of nitrogens with one attached hydrogen (secondary N) is 1. The van der Waals surface area contributed by atoms with Crippen LogP contribution in [0.3, 0.4) is 0 Å². The Labute approximate surface area is 163 Å². The number of nitrogens with two attached hydrogens (primary N) is 2. The van der Waals surface area contributed by atoms with Gasteiger partial charge in [-0.25, -0.2) is 0 Å². The highest BCUT2D eigenvalue weighted by atomic mass is 16.5. The average molecular weight is 382 g/mol. The predicted octanol–water partition coefficient (Wildman–Crippen LogP) is -0.116. The molecule has 1 aromatic heterocycles. The number of para-hydroxylation sites is 1. The molecule has 8 nitrogen and oxygen atoms in total. The molecule has 0 bridgehead atoms. The van der Waals surface area contributed by atoms with Crippen LogP contribution in [0.15, 0.2) is 30.5 Å². The smallest absolute Gasteiger partial charge is 0.534 e. The molecule has 9 heteroatoms. The van der Waals surface area contributed by atoms with Gasteiger partial charge >= 0.3 is 7.12 Å². The molecule has 0 spiro atoms. The van der Waals surface area contributed by atoms with Crippen molar-refractivity contribution in [3.8, 4) is 5.75 Å². The molecule has 0 saturated heterocycles. The Morgan fingerprint density at radius 3 is 2.75 bits per heavy atom. The molecule has 2 heterocycles. The molecule has 0 aliphatic carbocycles. The Bertz CT molecular complexity index is 905. The fraction of sp³-hybridized carbons (Fsp3) is 0.316. The quantitative estimate of drug-likeness (QED) is 0.403. The molecule has 0 unspecified atom stereocenters. The van der Waals surface area contributed by atoms with Gasteiger partial charge in [0, 0.05) is 25.0 Å². The highest BCUT2D eigenvalue weighted by molar-refractivity contribution is 6.47. The standard InChI is InChI=1S/C19H23BN4O4/c1-11(25)16-4-2-3-12-6-17(20(27)28-19(12)16)24-18(26)7-15-5-13(8-21)14(9-22)10-23-15/h2-5,10,17,27H,6-9,21-22H2,1H3,(H,24,26)/t17-/m0/s1. The van der Waals surface area contributed by atoms with Crippen LogP contribution in [0.25, 0.3) is 0 Å². The zero-order chi connectivity index (χ0) is 20.3. The van der Waals surface area contributed by atoms with Gasteiger partial charge in [-0.15, -0.1) is 0 Å². The molecule has 146 valence electrons. The number of carbonyl (C=O) groups is 2. The average Bonchev–Trinajstić information content (AvgIpc) is 2.67. The summed E-state index contributed by atoms with van der Waals surface area (Å²) in [5.74, 6) is -0.692. The molecule has 1 aliphatic heterocycles. The Hall–Kier alpha value is -2.75. The summed E-state index contributed by atoms with van der Waals surface area (Å²) in [4.78, 5) is 28.4. The molecule has 1 aliphatic rings. The van der Waals surface area contributed by atoms with E-state index in [0.717, 1.165) is 16.7 Å². The lowest BCUT2D eigenvalue weighted by Gasteiger charge is -2.29. The van der Waals surface area contributed by atoms with Crippen molar-refractivity contribution in [2.75, 3.05) is 0 Å². The van der Waals surface area contributed by atoms with E-state index in [2.05, 4.69) is 10.3 Å². The molecule has 3 rings (SSSR count). The van der Waals surface area contributed by atoms with Crippen LogP contribution < -0.4 is 21.4 Å². The van der Waals surface area contributed by atoms with E-state index in [-0.39, 0.29) is 18.1 Å². The summed E-state index contributed by atoms with van der Waals surface area (Å²) in [6.45, 7) is 2.09. The van der Waals surface area contributed by atoms with Crippen molar-refractivity contribution in [2.24, 2.45) is 11.5 Å². The summed E-state index contributed by atoms with van der Waals surface area (Å²) in [6, 6.07) is 6.99. The Kier molecular flexibility index (Phi) is 6.08. The van der Waals surface area contributed by atoms with Crippen LogP contribution >= 0.6 is 0 Å². The van der Waals surface area contributed by atoms with Gasteiger partial charge in [-0.2, -0.15) is 0 Å². The zero-order valence-corrected chi connectivity index (χ0v) is 15.6. The number of pyridine rings is 1. The molecule has 1 amide bonds. The second-order valence-electron chi connectivity index (χ2n) is 6.77. The maximum absolute atomic E-state index is 12.4. The molecule has 0 fully saturated rings. The van der Waals surface area contributed by atoms with Crippen molar-refractivity contribution in [2.45, 2.75) is 38.8 Å². The Balaban J connectivity index is 1.70. The number of Topliss-reactive ketones (excluding diaryl/α,β-unsaturated/α-hetero) is 1. The number of amides is 1. The number of carbonyl (C=O) groups excluding carboxylic acids is 2. The number of aromatic nitrogens is 1. The van der Waals surface area contributed by atoms with Crippen molar-refractivity contribution in [3.05, 3.63) is 58.4 Å². The maximum Gasteiger partial charge on any atom is 0.547 e. The summed E-state index contributed by atoms with van der Waals surface area (Å²) in [5.41, 5.74) is 14.8. The summed E-state index contributed by atoms with van der Waals surface area (Å²) in [6.07, 6.45) is 2.03. The fourth-order valence-electron chi connectivity index (χ4n) is 3.29. The van der Waals surface area contributed by atoms with Gasteiger partial charge in [-0.1, -0.05) is 12.1 Å². The molecular formula is C19H23BN4O4. The third-order valence-electron chi connectivity index (χ3n) is 4.77. The molecule has 28 heavy (non-hydrogen) atoms. The zero-order valence-electron chi connectivity index (χ0n) is 15.6. The third kappa shape index (κ3) is 4.22. The van der Waals surface area contributed by atoms with Crippen molar-refractivity contribution in [1.82, 2.24) is 10.3 Å². The lowest BCUT2D eigenvalue weighted by atomic mass is 9.72. The van der Waals surface area contributed by atoms with Crippen molar-refractivity contribution in [1.29, 1.82) is 0 Å². The summed E-state index contributed by atoms with van der Waals surface area (Å²) in [5, 5.41) is 13.1. The maximum atomic E-state index is 12.4. The second kappa shape index (κ2) is 8.51. The summed E-state index contributed by atoms with van der Waals surface area (Å²) < 4.78 is 5.53. The number of nitrogens with zero attached hydrogens (tertiary/aromatic N) is 1. The van der Waals surface area contributed by atoms with Gasteiger partial charge in [0.2, 0.25) is 5.91 Å². The van der Waals surface area contributed by atoms with Crippen molar-refractivity contribution in [3.63, 3.8) is 0 Å². The minimum absolute atomic E-state index is 0.0431. The number of rotatable bonds is 6. The third-order valence-corrected chi connectivity index (χ3v) is 4.77. The first-order valence-electron chi connectivity index (χ1n) is 9.06. The Morgan fingerprint density at radius 1 is 1.32 bits per heavy atom. The Morgan fingerprint density at radius 2 is 2.07 bits per heavy atom. The summed E-state index contributed by atoms with van der Waals surface area (Å²) in [7, 11) is -1.25. The highest BCUT2D eigenvalue weighted by Crippen LogP contribution is 2.30. The predicted molar refractivity (Wildman–Crippen MR) is 104 cm³/mol. The lowest BCUT2D eigenvalue weighted by molar-refractivity contribution is -0.120. The van der Waals surface area contributed by atoms with Gasteiger partial charge in [0.25, 0.3) is 0 Å². The first-order chi connectivity index (χ1) is 13.4. The number of fused-ring (bicyclic) bond motifs is 1. The normalized spacial score (nSPS) is 15.6. The number of hydrogen-bond acceptors (Lipinski definition) is 7. The van der Waals surface area contributed by atoms with Crippen molar-refractivity contribution >= 4 is 18.8 Å². The van der Waals surface area contributed by atoms with E-state index in [9.17, 15) is 14.6 Å². The van der Waals surface area contributed by atoms with E-state index in [1.54, 1.807) is 24.4 Å². The van der Waals surface area contributed by atoms with Gasteiger partial charge in [0.15, 0.2) is 5.78 Å². The van der Waals surface area contributed by atoms with Gasteiger partial charge < -0.3 is 26.5 Å². The van der Waals surface area contributed by atoms with Crippen LogP contribution in [0.2, 0.25) is 0 Å². The van der Waals surface area contributed by atoms with Crippen LogP contribution in [0.4, 0.5) is 0 Å². The lowest BCUT2D eigenvalue weighted by Crippen LogP contribution is -2.53. The monoisotopic (exact) mass is 382 g/mol. The van der Waals surface area contributed by atoms with E-state index >= 15 is 0 Å². The van der Waals surface area contributed by atoms with Crippen LogP contribution in [0.5, 0.6) is 5.75 Å². The molecular weight excluding hydrogens is 359 g/mol. The van der Waals surface area contributed by atoms with E-state index < -0.39 is 13.1 Å². The fourth-order valence-corrected chi connectivity index (χ4v) is 3.29. The number of ketones is 1. The molecule has 0 radical (unpaired) electrons. The molecule has 0 saturated carbocycles. The first-order valence-corrected chi connectivity index (χ1v) is 9.06. The molecule has 1 atom stereocenters. The van der Waals surface area contributed by atoms with Crippen LogP contribution in [-0.4, -0.2) is 34.8 Å². The van der Waals surface area contributed by atoms with Crippen molar-refractivity contribution < 1.29 is 19.3 Å². The number of hydrogen-bond donors (Lipinski definition) is 4. The SMILES string of the molecule is CC(=O)c1cccc2c1OB(O)[C@@H](NC(=O)Cc1cc(CN)c(CN)cn1)C2. The summed E-state index contributed by atoms with van der Waals surface area (Å²) >= 11 is 0. The van der Waals surface area contributed by atoms with Gasteiger partial charge in [-0.05, 0) is 42.2 Å². The molecule has 6 N–H and O–H groups in total. The molecule has 1 aromatic carbocycles. The van der Waals surface area contributed by atoms with Gasteiger partial charge in [-0.3, -0.25) is 14.6 Å². The van der Waals surface area contributed by atoms with Crippen LogP contribution in [-0.2, 0) is 30.7 Å². The largest absolute Gasteiger partial charge is 0.547 e. The molecule has 2 aromatic rings. The highest BCUT2D eigenvalue weighted by Gasteiger charge is 2.37. The van der Waals surface area contributed by atoms with Gasteiger partial charge in [0.1, 0.15) is 5.75 Å². The topological polar surface area (TPSA) is 141 Å². The van der Waals surface area contributed by atoms with Crippen LogP contribution in [0, 0.1) is 0 Å².